The van der Waals surface area contributed by atoms with E-state index in [9.17, 15) is 9.59 Å². The normalized spacial score (nSPS) is 14.4. The van der Waals surface area contributed by atoms with E-state index in [-0.39, 0.29) is 17.7 Å². The summed E-state index contributed by atoms with van der Waals surface area (Å²) in [4.78, 5) is 26.5. The molecule has 0 radical (unpaired) electrons. The van der Waals surface area contributed by atoms with Crippen molar-refractivity contribution in [3.8, 4) is 0 Å². The number of nitrogens with zero attached hydrogens (tertiary/aromatic N) is 1. The number of hydrogen-bond donors (Lipinski definition) is 1. The topological polar surface area (TPSA) is 49.4 Å². The minimum absolute atomic E-state index is 0.0634. The summed E-state index contributed by atoms with van der Waals surface area (Å²) in [6.07, 6.45) is 4.17. The average molecular weight is 322 g/mol. The van der Waals surface area contributed by atoms with E-state index in [1.807, 2.05) is 36.4 Å². The molecule has 2 aromatic rings. The van der Waals surface area contributed by atoms with Gasteiger partial charge in [-0.2, -0.15) is 0 Å². The van der Waals surface area contributed by atoms with E-state index in [0.717, 1.165) is 31.4 Å². The molecule has 0 heterocycles. The van der Waals surface area contributed by atoms with Gasteiger partial charge in [0.2, 0.25) is 5.91 Å². The number of hydrogen-bond acceptors (Lipinski definition) is 2. The fourth-order valence-electron chi connectivity index (χ4n) is 3.12. The van der Waals surface area contributed by atoms with Gasteiger partial charge in [-0.05, 0) is 43.2 Å². The van der Waals surface area contributed by atoms with E-state index < -0.39 is 0 Å². The van der Waals surface area contributed by atoms with Crippen molar-refractivity contribution in [1.29, 1.82) is 0 Å². The summed E-state index contributed by atoms with van der Waals surface area (Å²) in [5, 5.41) is 2.95. The highest BCUT2D eigenvalue weighted by Crippen LogP contribution is 2.26. The molecule has 0 spiro atoms. The van der Waals surface area contributed by atoms with Gasteiger partial charge in [0.15, 0.2) is 0 Å². The Balaban J connectivity index is 1.72. The van der Waals surface area contributed by atoms with Gasteiger partial charge in [0.05, 0.1) is 0 Å². The Bertz CT molecular complexity index is 721. The van der Waals surface area contributed by atoms with Gasteiger partial charge in [0.25, 0.3) is 5.91 Å². The lowest BCUT2D eigenvalue weighted by Crippen LogP contribution is -2.26. The van der Waals surface area contributed by atoms with Crippen LogP contribution >= 0.6 is 0 Å². The molecule has 2 amide bonds. The molecule has 1 aliphatic carbocycles. The van der Waals surface area contributed by atoms with Crippen molar-refractivity contribution < 1.29 is 9.59 Å². The maximum atomic E-state index is 12.7. The molecule has 1 saturated carbocycles. The monoisotopic (exact) mass is 322 g/mol. The van der Waals surface area contributed by atoms with Crippen LogP contribution in [0.3, 0.4) is 0 Å². The molecule has 0 atom stereocenters. The molecule has 3 rings (SSSR count). The molecule has 24 heavy (non-hydrogen) atoms. The molecule has 1 N–H and O–H groups in total. The zero-order chi connectivity index (χ0) is 16.9. The van der Waals surface area contributed by atoms with Crippen molar-refractivity contribution in [3.05, 3.63) is 60.2 Å². The predicted octanol–water partition coefficient (Wildman–Crippen LogP) is 4.09. The van der Waals surface area contributed by atoms with Crippen LogP contribution in [-0.4, -0.2) is 18.9 Å². The molecular weight excluding hydrogens is 300 g/mol. The Morgan fingerprint density at radius 2 is 1.71 bits per heavy atom. The van der Waals surface area contributed by atoms with Crippen LogP contribution in [0, 0.1) is 5.92 Å². The SMILES string of the molecule is CN(C(=O)c1cccc(NC(=O)C2CCCC2)c1)c1ccccc1. The van der Waals surface area contributed by atoms with Crippen molar-refractivity contribution in [3.63, 3.8) is 0 Å². The smallest absolute Gasteiger partial charge is 0.258 e. The number of anilines is 2. The van der Waals surface area contributed by atoms with Gasteiger partial charge in [-0.15, -0.1) is 0 Å². The van der Waals surface area contributed by atoms with Crippen LogP contribution in [0.25, 0.3) is 0 Å². The van der Waals surface area contributed by atoms with Crippen molar-refractivity contribution in [1.82, 2.24) is 0 Å². The summed E-state index contributed by atoms with van der Waals surface area (Å²) in [5.41, 5.74) is 2.08. The number of amides is 2. The van der Waals surface area contributed by atoms with Gasteiger partial charge in [-0.3, -0.25) is 9.59 Å². The van der Waals surface area contributed by atoms with Gasteiger partial charge in [0, 0.05) is 29.9 Å². The molecule has 1 fully saturated rings. The van der Waals surface area contributed by atoms with Crippen LogP contribution in [-0.2, 0) is 4.79 Å². The first-order valence-corrected chi connectivity index (χ1v) is 8.39. The zero-order valence-corrected chi connectivity index (χ0v) is 13.9. The second-order valence-corrected chi connectivity index (χ2v) is 6.25. The summed E-state index contributed by atoms with van der Waals surface area (Å²) in [5.74, 6) is 0.0722. The van der Waals surface area contributed by atoms with Gasteiger partial charge in [0.1, 0.15) is 0 Å². The second kappa shape index (κ2) is 7.30. The van der Waals surface area contributed by atoms with Crippen LogP contribution in [0.1, 0.15) is 36.0 Å². The Hall–Kier alpha value is -2.62. The minimum atomic E-state index is -0.0989. The molecule has 1 aliphatic rings. The molecule has 0 bridgehead atoms. The van der Waals surface area contributed by atoms with E-state index >= 15 is 0 Å². The van der Waals surface area contributed by atoms with Gasteiger partial charge in [-0.1, -0.05) is 37.1 Å². The summed E-state index contributed by atoms with van der Waals surface area (Å²) in [7, 11) is 1.75. The molecule has 0 aliphatic heterocycles. The van der Waals surface area contributed by atoms with Crippen LogP contribution < -0.4 is 10.2 Å². The highest BCUT2D eigenvalue weighted by atomic mass is 16.2. The third-order valence-corrected chi connectivity index (χ3v) is 4.55. The number of nitrogens with one attached hydrogen (secondary N) is 1. The second-order valence-electron chi connectivity index (χ2n) is 6.25. The Morgan fingerprint density at radius 1 is 1.00 bits per heavy atom. The van der Waals surface area contributed by atoms with Crippen LogP contribution in [0.5, 0.6) is 0 Å². The Morgan fingerprint density at radius 3 is 2.42 bits per heavy atom. The van der Waals surface area contributed by atoms with Crippen molar-refractivity contribution >= 4 is 23.2 Å². The average Bonchev–Trinajstić information content (AvgIpc) is 3.16. The Kier molecular flexibility index (Phi) is 4.94. The largest absolute Gasteiger partial charge is 0.326 e. The standard InChI is InChI=1S/C20H22N2O2/c1-22(18-12-3-2-4-13-18)20(24)16-10-7-11-17(14-16)21-19(23)15-8-5-6-9-15/h2-4,7,10-15H,5-6,8-9H2,1H3,(H,21,23). The number of benzene rings is 2. The molecule has 4 heteroatoms. The first-order valence-electron chi connectivity index (χ1n) is 8.39. The van der Waals surface area contributed by atoms with E-state index in [1.165, 1.54) is 0 Å². The lowest BCUT2D eigenvalue weighted by atomic mass is 10.1. The lowest BCUT2D eigenvalue weighted by molar-refractivity contribution is -0.119. The van der Waals surface area contributed by atoms with Gasteiger partial charge in [-0.25, -0.2) is 0 Å². The lowest BCUT2D eigenvalue weighted by Gasteiger charge is -2.18. The highest BCUT2D eigenvalue weighted by Gasteiger charge is 2.23. The highest BCUT2D eigenvalue weighted by molar-refractivity contribution is 6.06. The van der Waals surface area contributed by atoms with E-state index in [0.29, 0.717) is 11.3 Å². The number of rotatable bonds is 4. The molecule has 2 aromatic carbocycles. The third kappa shape index (κ3) is 3.65. The zero-order valence-electron chi connectivity index (χ0n) is 13.9. The Labute approximate surface area is 142 Å². The maximum Gasteiger partial charge on any atom is 0.258 e. The quantitative estimate of drug-likeness (QED) is 0.921. The van der Waals surface area contributed by atoms with Crippen LogP contribution in [0.4, 0.5) is 11.4 Å². The van der Waals surface area contributed by atoms with Crippen molar-refractivity contribution in [2.45, 2.75) is 25.7 Å². The van der Waals surface area contributed by atoms with Crippen molar-refractivity contribution in [2.75, 3.05) is 17.3 Å². The fourth-order valence-corrected chi connectivity index (χ4v) is 3.12. The van der Waals surface area contributed by atoms with Crippen LogP contribution in [0.15, 0.2) is 54.6 Å². The molecular formula is C20H22N2O2. The maximum absolute atomic E-state index is 12.7. The molecule has 4 nitrogen and oxygen atoms in total. The van der Waals surface area contributed by atoms with Crippen LogP contribution in [0.2, 0.25) is 0 Å². The molecule has 124 valence electrons. The first kappa shape index (κ1) is 16.2. The summed E-state index contributed by atoms with van der Waals surface area (Å²) < 4.78 is 0. The van der Waals surface area contributed by atoms with Gasteiger partial charge >= 0.3 is 0 Å². The minimum Gasteiger partial charge on any atom is -0.326 e. The van der Waals surface area contributed by atoms with E-state index in [4.69, 9.17) is 0 Å². The molecule has 0 saturated heterocycles. The number of para-hydroxylation sites is 1. The predicted molar refractivity (Wildman–Crippen MR) is 96.2 cm³/mol. The molecule has 0 unspecified atom stereocenters. The fraction of sp³-hybridized carbons (Fsp3) is 0.300. The van der Waals surface area contributed by atoms with Gasteiger partial charge < -0.3 is 10.2 Å². The summed E-state index contributed by atoms with van der Waals surface area (Å²) in [6, 6.07) is 16.6. The van der Waals surface area contributed by atoms with E-state index in [2.05, 4.69) is 5.32 Å². The number of carbonyl (C=O) groups is 2. The summed E-state index contributed by atoms with van der Waals surface area (Å²) in [6.45, 7) is 0. The third-order valence-electron chi connectivity index (χ3n) is 4.55. The molecule has 0 aromatic heterocycles. The van der Waals surface area contributed by atoms with Crippen molar-refractivity contribution in [2.24, 2.45) is 5.92 Å². The van der Waals surface area contributed by atoms with E-state index in [1.54, 1.807) is 30.1 Å². The summed E-state index contributed by atoms with van der Waals surface area (Å²) >= 11 is 0. The first-order chi connectivity index (χ1) is 11.6. The number of carbonyl (C=O) groups excluding carboxylic acids is 2.